The summed E-state index contributed by atoms with van der Waals surface area (Å²) in [6, 6.07) is 14.5. The van der Waals surface area contributed by atoms with Crippen LogP contribution in [-0.4, -0.2) is 0 Å². The minimum Gasteiger partial charge on any atom is -0.399 e. The third kappa shape index (κ3) is 1.88. The number of nitrogens with two attached hydrogens (primary N) is 2. The van der Waals surface area contributed by atoms with Gasteiger partial charge in [-0.25, -0.2) is 0 Å². The van der Waals surface area contributed by atoms with E-state index in [1.165, 1.54) is 11.1 Å². The average Bonchev–Trinajstić information content (AvgIpc) is 2.65. The molecular weight excluding hydrogens is 232 g/mol. The lowest BCUT2D eigenvalue weighted by Crippen LogP contribution is -2.12. The molecule has 1 atom stereocenters. The zero-order chi connectivity index (χ0) is 13.6. The van der Waals surface area contributed by atoms with Crippen molar-refractivity contribution in [3.05, 3.63) is 59.2 Å². The quantitative estimate of drug-likeness (QED) is 0.761. The van der Waals surface area contributed by atoms with Crippen molar-refractivity contribution in [1.82, 2.24) is 0 Å². The van der Waals surface area contributed by atoms with Crippen molar-refractivity contribution < 1.29 is 0 Å². The standard InChI is InChI=1S/C17H20N2/c1-17(2)10-14(12-5-3-4-6-15(12)17)13-9-11(18)7-8-16(13)19/h3-9,14H,10,18-19H2,1-2H3. The Kier molecular flexibility index (Phi) is 2.56. The zero-order valence-corrected chi connectivity index (χ0v) is 11.5. The van der Waals surface area contributed by atoms with Gasteiger partial charge in [-0.3, -0.25) is 0 Å². The maximum atomic E-state index is 6.16. The SMILES string of the molecule is CC1(C)CC(c2cc(N)ccc2N)c2ccccc21. The van der Waals surface area contributed by atoms with Crippen molar-refractivity contribution in [2.24, 2.45) is 0 Å². The van der Waals surface area contributed by atoms with Gasteiger partial charge in [-0.2, -0.15) is 0 Å². The summed E-state index contributed by atoms with van der Waals surface area (Å²) in [5.41, 5.74) is 17.9. The molecule has 0 spiro atoms. The topological polar surface area (TPSA) is 52.0 Å². The second-order valence-corrected chi connectivity index (χ2v) is 6.12. The Morgan fingerprint density at radius 2 is 1.74 bits per heavy atom. The molecule has 0 saturated heterocycles. The number of nitrogen functional groups attached to an aromatic ring is 2. The van der Waals surface area contributed by atoms with Crippen LogP contribution in [0, 0.1) is 0 Å². The number of anilines is 2. The van der Waals surface area contributed by atoms with Crippen LogP contribution in [0.3, 0.4) is 0 Å². The minimum absolute atomic E-state index is 0.193. The van der Waals surface area contributed by atoms with Gasteiger partial charge in [0.1, 0.15) is 0 Å². The highest BCUT2D eigenvalue weighted by Crippen LogP contribution is 2.49. The molecule has 0 aliphatic heterocycles. The van der Waals surface area contributed by atoms with E-state index in [0.29, 0.717) is 5.92 Å². The fourth-order valence-electron chi connectivity index (χ4n) is 3.32. The van der Waals surface area contributed by atoms with Gasteiger partial charge < -0.3 is 11.5 Å². The average molecular weight is 252 g/mol. The predicted octanol–water partition coefficient (Wildman–Crippen LogP) is 3.66. The van der Waals surface area contributed by atoms with Gasteiger partial charge in [0, 0.05) is 17.3 Å². The van der Waals surface area contributed by atoms with Gasteiger partial charge in [0.25, 0.3) is 0 Å². The third-order valence-corrected chi connectivity index (χ3v) is 4.27. The first-order valence-electron chi connectivity index (χ1n) is 6.73. The third-order valence-electron chi connectivity index (χ3n) is 4.27. The lowest BCUT2D eigenvalue weighted by Gasteiger charge is -2.20. The van der Waals surface area contributed by atoms with Crippen LogP contribution in [0.1, 0.15) is 42.9 Å². The Morgan fingerprint density at radius 3 is 2.53 bits per heavy atom. The van der Waals surface area contributed by atoms with E-state index in [1.54, 1.807) is 0 Å². The molecule has 2 aromatic carbocycles. The van der Waals surface area contributed by atoms with Crippen LogP contribution in [0.4, 0.5) is 11.4 Å². The molecule has 0 radical (unpaired) electrons. The first-order valence-corrected chi connectivity index (χ1v) is 6.73. The van der Waals surface area contributed by atoms with Gasteiger partial charge in [0.15, 0.2) is 0 Å². The first-order chi connectivity index (χ1) is 8.99. The Hall–Kier alpha value is -1.96. The van der Waals surface area contributed by atoms with E-state index in [-0.39, 0.29) is 5.41 Å². The van der Waals surface area contributed by atoms with Crippen LogP contribution < -0.4 is 11.5 Å². The number of benzene rings is 2. The fourth-order valence-corrected chi connectivity index (χ4v) is 3.32. The lowest BCUT2D eigenvalue weighted by atomic mass is 9.85. The fraction of sp³-hybridized carbons (Fsp3) is 0.294. The molecule has 0 saturated carbocycles. The first kappa shape index (κ1) is 12.1. The molecule has 98 valence electrons. The van der Waals surface area contributed by atoms with E-state index < -0.39 is 0 Å². The molecule has 0 amide bonds. The van der Waals surface area contributed by atoms with Gasteiger partial charge in [-0.15, -0.1) is 0 Å². The number of rotatable bonds is 1. The number of hydrogen-bond acceptors (Lipinski definition) is 2. The molecule has 1 aliphatic carbocycles. The molecule has 3 rings (SSSR count). The van der Waals surface area contributed by atoms with Crippen molar-refractivity contribution in [3.63, 3.8) is 0 Å². The highest BCUT2D eigenvalue weighted by molar-refractivity contribution is 5.61. The second-order valence-electron chi connectivity index (χ2n) is 6.12. The van der Waals surface area contributed by atoms with Crippen LogP contribution in [0.25, 0.3) is 0 Å². The molecule has 0 aromatic heterocycles. The van der Waals surface area contributed by atoms with E-state index in [0.717, 1.165) is 23.4 Å². The van der Waals surface area contributed by atoms with Gasteiger partial charge in [0.2, 0.25) is 0 Å². The predicted molar refractivity (Wildman–Crippen MR) is 81.2 cm³/mol. The summed E-state index contributed by atoms with van der Waals surface area (Å²) in [5.74, 6) is 0.356. The van der Waals surface area contributed by atoms with Crippen molar-refractivity contribution in [3.8, 4) is 0 Å². The van der Waals surface area contributed by atoms with E-state index in [1.807, 2.05) is 18.2 Å². The lowest BCUT2D eigenvalue weighted by molar-refractivity contribution is 0.500. The second kappa shape index (κ2) is 4.02. The Labute approximate surface area is 114 Å². The van der Waals surface area contributed by atoms with Gasteiger partial charge in [0.05, 0.1) is 0 Å². The van der Waals surface area contributed by atoms with Crippen LogP contribution >= 0.6 is 0 Å². The van der Waals surface area contributed by atoms with E-state index in [4.69, 9.17) is 11.5 Å². The van der Waals surface area contributed by atoms with Crippen LogP contribution in [0.15, 0.2) is 42.5 Å². The Balaban J connectivity index is 2.16. The summed E-state index contributed by atoms with van der Waals surface area (Å²) in [6.07, 6.45) is 1.08. The molecule has 4 N–H and O–H groups in total. The molecule has 0 heterocycles. The zero-order valence-electron chi connectivity index (χ0n) is 11.5. The summed E-state index contributed by atoms with van der Waals surface area (Å²) in [7, 11) is 0. The number of fused-ring (bicyclic) bond motifs is 1. The van der Waals surface area contributed by atoms with Crippen LogP contribution in [0.2, 0.25) is 0 Å². The van der Waals surface area contributed by atoms with Gasteiger partial charge >= 0.3 is 0 Å². The minimum atomic E-state index is 0.193. The smallest absolute Gasteiger partial charge is 0.0354 e. The molecule has 2 heteroatoms. The summed E-state index contributed by atoms with van der Waals surface area (Å²) < 4.78 is 0. The normalized spacial score (nSPS) is 20.2. The Morgan fingerprint density at radius 1 is 1.00 bits per heavy atom. The van der Waals surface area contributed by atoms with Gasteiger partial charge in [-0.05, 0) is 46.7 Å². The monoisotopic (exact) mass is 252 g/mol. The van der Waals surface area contributed by atoms with Crippen molar-refractivity contribution in [1.29, 1.82) is 0 Å². The van der Waals surface area contributed by atoms with E-state index in [9.17, 15) is 0 Å². The molecular formula is C17H20N2. The van der Waals surface area contributed by atoms with Crippen molar-refractivity contribution >= 4 is 11.4 Å². The van der Waals surface area contributed by atoms with E-state index >= 15 is 0 Å². The molecule has 2 aromatic rings. The van der Waals surface area contributed by atoms with Crippen molar-refractivity contribution in [2.75, 3.05) is 11.5 Å². The summed E-state index contributed by atoms with van der Waals surface area (Å²) in [4.78, 5) is 0. The summed E-state index contributed by atoms with van der Waals surface area (Å²) in [5, 5.41) is 0. The molecule has 0 fully saturated rings. The molecule has 19 heavy (non-hydrogen) atoms. The summed E-state index contributed by atoms with van der Waals surface area (Å²) in [6.45, 7) is 4.60. The van der Waals surface area contributed by atoms with E-state index in [2.05, 4.69) is 38.1 Å². The largest absolute Gasteiger partial charge is 0.399 e. The Bertz CT molecular complexity index is 629. The van der Waals surface area contributed by atoms with Crippen molar-refractivity contribution in [2.45, 2.75) is 31.6 Å². The molecule has 1 aliphatic rings. The highest BCUT2D eigenvalue weighted by atomic mass is 14.6. The molecule has 2 nitrogen and oxygen atoms in total. The van der Waals surface area contributed by atoms with Crippen LogP contribution in [0.5, 0.6) is 0 Å². The molecule has 0 bridgehead atoms. The molecule has 1 unspecified atom stereocenters. The van der Waals surface area contributed by atoms with Crippen LogP contribution in [-0.2, 0) is 5.41 Å². The van der Waals surface area contributed by atoms with Gasteiger partial charge in [-0.1, -0.05) is 38.1 Å². The maximum absolute atomic E-state index is 6.16. The number of hydrogen-bond donors (Lipinski definition) is 2. The maximum Gasteiger partial charge on any atom is 0.0354 e. The highest BCUT2D eigenvalue weighted by Gasteiger charge is 2.37. The summed E-state index contributed by atoms with van der Waals surface area (Å²) >= 11 is 0.